The molecule has 5 nitrogen and oxygen atoms in total. The van der Waals surface area contributed by atoms with Crippen molar-refractivity contribution in [3.8, 4) is 0 Å². The maximum atomic E-state index is 11.7. The van der Waals surface area contributed by atoms with Crippen molar-refractivity contribution in [2.45, 2.75) is 24.3 Å². The average molecular weight is 244 g/mol. The van der Waals surface area contributed by atoms with Crippen molar-refractivity contribution in [3.63, 3.8) is 0 Å². The highest BCUT2D eigenvalue weighted by Crippen LogP contribution is 2.42. The zero-order valence-corrected chi connectivity index (χ0v) is 9.55. The molecule has 3 rings (SSSR count). The lowest BCUT2D eigenvalue weighted by Gasteiger charge is -2.16. The van der Waals surface area contributed by atoms with Crippen molar-refractivity contribution in [1.29, 1.82) is 0 Å². The number of hydrogen-bond donors (Lipinski definition) is 2. The summed E-state index contributed by atoms with van der Waals surface area (Å²) in [6.45, 7) is 0. The Balaban J connectivity index is 1.98. The lowest BCUT2D eigenvalue weighted by molar-refractivity contribution is -0.120. The molecule has 1 aromatic rings. The van der Waals surface area contributed by atoms with E-state index < -0.39 is 12.1 Å². The van der Waals surface area contributed by atoms with E-state index in [-0.39, 0.29) is 17.7 Å². The van der Waals surface area contributed by atoms with E-state index in [1.807, 2.05) is 24.3 Å². The minimum atomic E-state index is -0.566. The predicted octanol–water partition coefficient (Wildman–Crippen LogP) is 0.664. The van der Waals surface area contributed by atoms with Gasteiger partial charge in [0.05, 0.1) is 0 Å². The molecule has 0 aromatic heterocycles. The molecule has 1 aromatic carbocycles. The van der Waals surface area contributed by atoms with Crippen LogP contribution in [0.3, 0.4) is 0 Å². The SMILES string of the molecule is O=CC1CC(C2NC(=O)NC2=O)c2ccccc21. The normalized spacial score (nSPS) is 29.7. The van der Waals surface area contributed by atoms with E-state index in [1.165, 1.54) is 0 Å². The second-order valence-electron chi connectivity index (χ2n) is 4.65. The minimum absolute atomic E-state index is 0.122. The Morgan fingerprint density at radius 1 is 1.17 bits per heavy atom. The van der Waals surface area contributed by atoms with Gasteiger partial charge in [-0.3, -0.25) is 10.1 Å². The van der Waals surface area contributed by atoms with Gasteiger partial charge >= 0.3 is 6.03 Å². The van der Waals surface area contributed by atoms with Gasteiger partial charge in [0.2, 0.25) is 0 Å². The molecule has 92 valence electrons. The summed E-state index contributed by atoms with van der Waals surface area (Å²) in [4.78, 5) is 34.0. The van der Waals surface area contributed by atoms with Crippen LogP contribution in [0, 0.1) is 0 Å². The summed E-state index contributed by atoms with van der Waals surface area (Å²) in [6, 6.07) is 6.56. The van der Waals surface area contributed by atoms with Gasteiger partial charge in [0.25, 0.3) is 5.91 Å². The molecule has 3 unspecified atom stereocenters. The predicted molar refractivity (Wildman–Crippen MR) is 63.1 cm³/mol. The summed E-state index contributed by atoms with van der Waals surface area (Å²) in [6.07, 6.45) is 1.48. The number of urea groups is 1. The fourth-order valence-corrected chi connectivity index (χ4v) is 2.87. The van der Waals surface area contributed by atoms with E-state index in [1.54, 1.807) is 0 Å². The fourth-order valence-electron chi connectivity index (χ4n) is 2.87. The van der Waals surface area contributed by atoms with Crippen LogP contribution >= 0.6 is 0 Å². The second-order valence-corrected chi connectivity index (χ2v) is 4.65. The third-order valence-electron chi connectivity index (χ3n) is 3.68. The van der Waals surface area contributed by atoms with Crippen molar-refractivity contribution in [2.75, 3.05) is 0 Å². The maximum absolute atomic E-state index is 11.7. The van der Waals surface area contributed by atoms with E-state index in [2.05, 4.69) is 10.6 Å². The molecule has 0 bridgehead atoms. The van der Waals surface area contributed by atoms with Gasteiger partial charge in [-0.1, -0.05) is 24.3 Å². The van der Waals surface area contributed by atoms with E-state index in [4.69, 9.17) is 0 Å². The first-order valence-electron chi connectivity index (χ1n) is 5.86. The molecule has 1 saturated heterocycles. The number of nitrogens with one attached hydrogen (secondary N) is 2. The molecule has 0 saturated carbocycles. The number of carbonyl (C=O) groups excluding carboxylic acids is 3. The van der Waals surface area contributed by atoms with E-state index in [0.29, 0.717) is 6.42 Å². The average Bonchev–Trinajstić information content (AvgIpc) is 2.89. The van der Waals surface area contributed by atoms with Crippen LogP contribution in [0.25, 0.3) is 0 Å². The van der Waals surface area contributed by atoms with Gasteiger partial charge in [0, 0.05) is 11.8 Å². The van der Waals surface area contributed by atoms with Gasteiger partial charge in [-0.2, -0.15) is 0 Å². The van der Waals surface area contributed by atoms with Gasteiger partial charge in [-0.05, 0) is 17.5 Å². The molecule has 18 heavy (non-hydrogen) atoms. The largest absolute Gasteiger partial charge is 0.325 e. The lowest BCUT2D eigenvalue weighted by atomic mass is 9.93. The number of amides is 3. The van der Waals surface area contributed by atoms with Crippen LogP contribution in [0.15, 0.2) is 24.3 Å². The van der Waals surface area contributed by atoms with Gasteiger partial charge < -0.3 is 10.1 Å². The maximum Gasteiger partial charge on any atom is 0.322 e. The van der Waals surface area contributed by atoms with E-state index in [0.717, 1.165) is 17.4 Å². The fraction of sp³-hybridized carbons (Fsp3) is 0.308. The van der Waals surface area contributed by atoms with Gasteiger partial charge in [0.15, 0.2) is 0 Å². The zero-order valence-electron chi connectivity index (χ0n) is 9.55. The second kappa shape index (κ2) is 3.94. The number of carbonyl (C=O) groups is 3. The molecule has 5 heteroatoms. The first kappa shape index (κ1) is 11.0. The van der Waals surface area contributed by atoms with Crippen molar-refractivity contribution in [1.82, 2.24) is 10.6 Å². The van der Waals surface area contributed by atoms with Crippen molar-refractivity contribution < 1.29 is 14.4 Å². The number of fused-ring (bicyclic) bond motifs is 1. The summed E-state index contributed by atoms with van der Waals surface area (Å²) < 4.78 is 0. The summed E-state index contributed by atoms with van der Waals surface area (Å²) >= 11 is 0. The molecule has 1 aliphatic carbocycles. The molecule has 3 amide bonds. The van der Waals surface area contributed by atoms with Crippen LogP contribution < -0.4 is 10.6 Å². The quantitative estimate of drug-likeness (QED) is 0.593. The van der Waals surface area contributed by atoms with Gasteiger partial charge in [-0.25, -0.2) is 4.79 Å². The molecular weight excluding hydrogens is 232 g/mol. The first-order chi connectivity index (χ1) is 8.70. The standard InChI is InChI=1S/C13H12N2O3/c16-6-7-5-10(9-4-2-1-3-8(7)9)11-12(17)15-13(18)14-11/h1-4,6-7,10-11H,5H2,(H2,14,15,17,18). The Labute approximate surface area is 104 Å². The van der Waals surface area contributed by atoms with Gasteiger partial charge in [0.1, 0.15) is 12.3 Å². The summed E-state index contributed by atoms with van der Waals surface area (Å²) in [7, 11) is 0. The first-order valence-corrected chi connectivity index (χ1v) is 5.86. The summed E-state index contributed by atoms with van der Waals surface area (Å²) in [5.74, 6) is -0.620. The van der Waals surface area contributed by atoms with Crippen LogP contribution in [0.2, 0.25) is 0 Å². The molecule has 2 N–H and O–H groups in total. The Morgan fingerprint density at radius 2 is 1.89 bits per heavy atom. The van der Waals surface area contributed by atoms with Crippen LogP contribution in [0.5, 0.6) is 0 Å². The van der Waals surface area contributed by atoms with Crippen LogP contribution in [0.1, 0.15) is 29.4 Å². The van der Waals surface area contributed by atoms with Crippen molar-refractivity contribution in [3.05, 3.63) is 35.4 Å². The highest BCUT2D eigenvalue weighted by Gasteiger charge is 2.42. The Morgan fingerprint density at radius 3 is 2.50 bits per heavy atom. The number of rotatable bonds is 2. The number of imide groups is 1. The topological polar surface area (TPSA) is 75.3 Å². The van der Waals surface area contributed by atoms with E-state index in [9.17, 15) is 14.4 Å². The van der Waals surface area contributed by atoms with Crippen LogP contribution in [-0.2, 0) is 9.59 Å². The number of aldehydes is 1. The number of benzene rings is 1. The minimum Gasteiger partial charge on any atom is -0.325 e. The highest BCUT2D eigenvalue weighted by atomic mass is 16.2. The Kier molecular flexibility index (Phi) is 2.40. The summed E-state index contributed by atoms with van der Waals surface area (Å²) in [5, 5.41) is 4.85. The molecule has 3 atom stereocenters. The molecule has 0 spiro atoms. The van der Waals surface area contributed by atoms with Crippen LogP contribution in [0.4, 0.5) is 4.79 Å². The molecular formula is C13H12N2O3. The van der Waals surface area contributed by atoms with Crippen molar-refractivity contribution >= 4 is 18.2 Å². The van der Waals surface area contributed by atoms with Crippen molar-refractivity contribution in [2.24, 2.45) is 0 Å². The van der Waals surface area contributed by atoms with E-state index >= 15 is 0 Å². The zero-order chi connectivity index (χ0) is 12.7. The highest BCUT2D eigenvalue weighted by molar-refractivity contribution is 6.04. The molecule has 1 heterocycles. The molecule has 0 radical (unpaired) electrons. The van der Waals surface area contributed by atoms with Gasteiger partial charge in [-0.15, -0.1) is 0 Å². The Hall–Kier alpha value is -2.17. The lowest BCUT2D eigenvalue weighted by Crippen LogP contribution is -2.34. The smallest absolute Gasteiger partial charge is 0.322 e. The molecule has 1 aliphatic heterocycles. The number of hydrogen-bond acceptors (Lipinski definition) is 3. The molecule has 1 fully saturated rings. The summed E-state index contributed by atoms with van der Waals surface area (Å²) in [5.41, 5.74) is 1.95. The third-order valence-corrected chi connectivity index (χ3v) is 3.68. The monoisotopic (exact) mass is 244 g/mol. The molecule has 2 aliphatic rings. The third kappa shape index (κ3) is 1.51. The Bertz CT molecular complexity index is 541. The van der Waals surface area contributed by atoms with Crippen LogP contribution in [-0.4, -0.2) is 24.3 Å².